The minimum Gasteiger partial charge on any atom is -0.368 e. The molecule has 0 radical (unpaired) electrons. The van der Waals surface area contributed by atoms with Crippen LogP contribution >= 0.6 is 0 Å². The van der Waals surface area contributed by atoms with Crippen molar-refractivity contribution in [2.45, 2.75) is 6.04 Å². The number of hydrogen-bond donors (Lipinski definition) is 2. The van der Waals surface area contributed by atoms with Crippen molar-refractivity contribution < 1.29 is 9.18 Å². The van der Waals surface area contributed by atoms with Gasteiger partial charge in [0.25, 0.3) is 5.78 Å². The van der Waals surface area contributed by atoms with Gasteiger partial charge in [-0.25, -0.2) is 9.37 Å². The van der Waals surface area contributed by atoms with Gasteiger partial charge in [0, 0.05) is 11.6 Å². The molecule has 0 bridgehead atoms. The van der Waals surface area contributed by atoms with Crippen LogP contribution in [0.25, 0.3) is 17.0 Å². The highest BCUT2D eigenvalue weighted by Gasteiger charge is 2.20. The van der Waals surface area contributed by atoms with E-state index in [0.29, 0.717) is 22.9 Å². The fourth-order valence-electron chi connectivity index (χ4n) is 2.79. The third-order valence-electron chi connectivity index (χ3n) is 4.10. The second-order valence-corrected chi connectivity index (χ2v) is 5.90. The summed E-state index contributed by atoms with van der Waals surface area (Å²) in [6.07, 6.45) is 1.37. The van der Waals surface area contributed by atoms with Crippen molar-refractivity contribution in [3.05, 3.63) is 78.4 Å². The van der Waals surface area contributed by atoms with E-state index < -0.39 is 17.8 Å². The zero-order valence-corrected chi connectivity index (χ0v) is 14.1. The van der Waals surface area contributed by atoms with Gasteiger partial charge in [-0.1, -0.05) is 42.5 Å². The molecule has 0 spiro atoms. The molecule has 0 aliphatic carbocycles. The molecule has 2 heterocycles. The van der Waals surface area contributed by atoms with Crippen molar-refractivity contribution in [1.82, 2.24) is 19.6 Å². The first-order valence-electron chi connectivity index (χ1n) is 8.19. The smallest absolute Gasteiger partial charge is 0.254 e. The first-order valence-corrected chi connectivity index (χ1v) is 8.19. The van der Waals surface area contributed by atoms with Crippen molar-refractivity contribution in [2.24, 2.45) is 5.73 Å². The number of carbonyl (C=O) groups is 1. The quantitative estimate of drug-likeness (QED) is 0.569. The van der Waals surface area contributed by atoms with Crippen LogP contribution in [0.1, 0.15) is 11.6 Å². The van der Waals surface area contributed by atoms with Gasteiger partial charge in [0.15, 0.2) is 0 Å². The Hall–Kier alpha value is -3.81. The Morgan fingerprint density at radius 2 is 1.85 bits per heavy atom. The lowest BCUT2D eigenvalue weighted by Crippen LogP contribution is -2.28. The highest BCUT2D eigenvalue weighted by Crippen LogP contribution is 2.25. The molecule has 2 aromatic carbocycles. The van der Waals surface area contributed by atoms with E-state index in [0.717, 1.165) is 5.56 Å². The molecule has 3 N–H and O–H groups in total. The van der Waals surface area contributed by atoms with E-state index in [1.165, 1.54) is 35.1 Å². The maximum absolute atomic E-state index is 13.2. The first kappa shape index (κ1) is 16.6. The average Bonchev–Trinajstić information content (AvgIpc) is 3.16. The second-order valence-electron chi connectivity index (χ2n) is 5.90. The number of nitrogens with one attached hydrogen (secondary N) is 1. The summed E-state index contributed by atoms with van der Waals surface area (Å²) >= 11 is 0. The van der Waals surface area contributed by atoms with E-state index in [-0.39, 0.29) is 0 Å². The number of primary amides is 1. The monoisotopic (exact) mass is 362 g/mol. The number of nitrogens with zero attached hydrogens (tertiary/aromatic N) is 4. The molecule has 0 saturated heterocycles. The number of benzene rings is 2. The molecule has 4 aromatic rings. The Morgan fingerprint density at radius 1 is 1.11 bits per heavy atom. The van der Waals surface area contributed by atoms with E-state index in [4.69, 9.17) is 5.73 Å². The van der Waals surface area contributed by atoms with Gasteiger partial charge in [-0.2, -0.15) is 14.6 Å². The Morgan fingerprint density at radius 3 is 2.56 bits per heavy atom. The molecular weight excluding hydrogens is 347 g/mol. The Bertz CT molecular complexity index is 1090. The average molecular weight is 362 g/mol. The number of fused-ring (bicyclic) bond motifs is 1. The van der Waals surface area contributed by atoms with E-state index in [2.05, 4.69) is 20.4 Å². The maximum Gasteiger partial charge on any atom is 0.254 e. The van der Waals surface area contributed by atoms with Crippen LogP contribution < -0.4 is 11.1 Å². The summed E-state index contributed by atoms with van der Waals surface area (Å²) < 4.78 is 14.7. The van der Waals surface area contributed by atoms with Crippen molar-refractivity contribution >= 4 is 17.5 Å². The highest BCUT2D eigenvalue weighted by atomic mass is 19.1. The predicted molar refractivity (Wildman–Crippen MR) is 98.2 cm³/mol. The number of anilines is 1. The van der Waals surface area contributed by atoms with Gasteiger partial charge in [0.1, 0.15) is 24.0 Å². The minimum atomic E-state index is -0.871. The fraction of sp³-hybridized carbons (Fsp3) is 0.0526. The van der Waals surface area contributed by atoms with Crippen molar-refractivity contribution in [2.75, 3.05) is 5.32 Å². The van der Waals surface area contributed by atoms with E-state index in [1.54, 1.807) is 6.07 Å². The molecule has 0 fully saturated rings. The van der Waals surface area contributed by atoms with Crippen molar-refractivity contribution in [1.29, 1.82) is 0 Å². The molecule has 2 aromatic heterocycles. The second kappa shape index (κ2) is 6.83. The summed E-state index contributed by atoms with van der Waals surface area (Å²) in [4.78, 5) is 20.6. The molecule has 0 aliphatic rings. The minimum absolute atomic E-state index is 0.376. The van der Waals surface area contributed by atoms with Crippen LogP contribution in [0, 0.1) is 5.82 Å². The van der Waals surface area contributed by atoms with Crippen LogP contribution in [-0.4, -0.2) is 25.5 Å². The topological polar surface area (TPSA) is 98.2 Å². The molecule has 27 heavy (non-hydrogen) atoms. The summed E-state index contributed by atoms with van der Waals surface area (Å²) in [5.41, 5.74) is 7.66. The largest absolute Gasteiger partial charge is 0.368 e. The summed E-state index contributed by atoms with van der Waals surface area (Å²) in [5.74, 6) is -0.130. The van der Waals surface area contributed by atoms with Crippen LogP contribution in [0.2, 0.25) is 0 Å². The number of amides is 1. The molecule has 7 nitrogen and oxygen atoms in total. The van der Waals surface area contributed by atoms with Gasteiger partial charge in [-0.3, -0.25) is 4.79 Å². The van der Waals surface area contributed by atoms with Crippen molar-refractivity contribution in [3.8, 4) is 11.3 Å². The zero-order chi connectivity index (χ0) is 18.8. The normalized spacial score (nSPS) is 12.0. The Labute approximate surface area is 153 Å². The van der Waals surface area contributed by atoms with E-state index in [9.17, 15) is 9.18 Å². The lowest BCUT2D eigenvalue weighted by Gasteiger charge is -2.18. The first-order chi connectivity index (χ1) is 13.1. The standard InChI is InChI=1S/C19H15FN6O/c20-14-8-6-13(7-9-14)17(18(21)27)25-16-10-15(12-4-2-1-3-5-12)24-19-22-11-23-26(16)19/h1-11,17,25H,(H2,21,27). The number of hydrogen-bond acceptors (Lipinski definition) is 5. The van der Waals surface area contributed by atoms with Gasteiger partial charge in [-0.15, -0.1) is 0 Å². The summed E-state index contributed by atoms with van der Waals surface area (Å²) in [6, 6.07) is 16.0. The zero-order valence-electron chi connectivity index (χ0n) is 14.1. The van der Waals surface area contributed by atoms with Crippen LogP contribution in [0.5, 0.6) is 0 Å². The third-order valence-corrected chi connectivity index (χ3v) is 4.10. The fourth-order valence-corrected chi connectivity index (χ4v) is 2.79. The lowest BCUT2D eigenvalue weighted by molar-refractivity contribution is -0.118. The molecular formula is C19H15FN6O. The molecule has 1 unspecified atom stereocenters. The lowest BCUT2D eigenvalue weighted by atomic mass is 10.1. The number of halogens is 1. The van der Waals surface area contributed by atoms with E-state index >= 15 is 0 Å². The molecule has 1 atom stereocenters. The highest BCUT2D eigenvalue weighted by molar-refractivity contribution is 5.84. The summed E-state index contributed by atoms with van der Waals surface area (Å²) in [6.45, 7) is 0. The van der Waals surface area contributed by atoms with Gasteiger partial charge in [-0.05, 0) is 17.7 Å². The number of carbonyl (C=O) groups excluding carboxylic acids is 1. The molecule has 4 rings (SSSR count). The van der Waals surface area contributed by atoms with Crippen LogP contribution in [-0.2, 0) is 4.79 Å². The summed E-state index contributed by atoms with van der Waals surface area (Å²) in [7, 11) is 0. The van der Waals surface area contributed by atoms with Gasteiger partial charge >= 0.3 is 0 Å². The SMILES string of the molecule is NC(=O)C(Nc1cc(-c2ccccc2)nc2ncnn12)c1ccc(F)cc1. The third kappa shape index (κ3) is 3.32. The van der Waals surface area contributed by atoms with Gasteiger partial charge < -0.3 is 11.1 Å². The van der Waals surface area contributed by atoms with E-state index in [1.807, 2.05) is 30.3 Å². The number of nitrogens with two attached hydrogens (primary N) is 1. The Balaban J connectivity index is 1.78. The Kier molecular flexibility index (Phi) is 4.21. The summed E-state index contributed by atoms with van der Waals surface area (Å²) in [5, 5.41) is 7.22. The number of rotatable bonds is 5. The molecule has 0 aliphatic heterocycles. The van der Waals surface area contributed by atoms with Gasteiger partial charge in [0.2, 0.25) is 5.91 Å². The molecule has 8 heteroatoms. The van der Waals surface area contributed by atoms with Crippen LogP contribution in [0.15, 0.2) is 67.0 Å². The van der Waals surface area contributed by atoms with Crippen molar-refractivity contribution in [3.63, 3.8) is 0 Å². The molecule has 1 amide bonds. The molecule has 0 saturated carbocycles. The maximum atomic E-state index is 13.2. The van der Waals surface area contributed by atoms with Gasteiger partial charge in [0.05, 0.1) is 5.69 Å². The van der Waals surface area contributed by atoms with Crippen LogP contribution in [0.4, 0.5) is 10.2 Å². The van der Waals surface area contributed by atoms with Crippen LogP contribution in [0.3, 0.4) is 0 Å². The number of aromatic nitrogens is 4. The predicted octanol–water partition coefficient (Wildman–Crippen LogP) is 2.57. The molecule has 134 valence electrons.